The number of fused-ring (bicyclic) bond motifs is 5. The van der Waals surface area contributed by atoms with Crippen LogP contribution in [0.2, 0.25) is 0 Å². The summed E-state index contributed by atoms with van der Waals surface area (Å²) in [4.78, 5) is 0. The van der Waals surface area contributed by atoms with Gasteiger partial charge in [0.1, 0.15) is 0 Å². The average molecular weight is 413 g/mol. The summed E-state index contributed by atoms with van der Waals surface area (Å²) >= 11 is 0. The number of hydrogen-bond donors (Lipinski definition) is 0. The summed E-state index contributed by atoms with van der Waals surface area (Å²) < 4.78 is 2.74. The van der Waals surface area contributed by atoms with Crippen molar-refractivity contribution < 1.29 is 4.57 Å². The van der Waals surface area contributed by atoms with Crippen LogP contribution in [0.25, 0.3) is 22.2 Å². The monoisotopic (exact) mass is 412 g/mol. The molecule has 31 heavy (non-hydrogen) atoms. The van der Waals surface area contributed by atoms with Crippen molar-refractivity contribution in [3.05, 3.63) is 64.7 Å². The van der Waals surface area contributed by atoms with Crippen molar-refractivity contribution in [1.29, 1.82) is 0 Å². The molecule has 0 N–H and O–H groups in total. The normalized spacial score (nSPS) is 25.6. The van der Waals surface area contributed by atoms with Crippen LogP contribution in [0.5, 0.6) is 0 Å². The van der Waals surface area contributed by atoms with Gasteiger partial charge in [-0.2, -0.15) is 4.57 Å². The predicted octanol–water partition coefficient (Wildman–Crippen LogP) is 7.88. The number of rotatable bonds is 3. The highest BCUT2D eigenvalue weighted by molar-refractivity contribution is 5.83. The quantitative estimate of drug-likeness (QED) is 0.385. The second kappa shape index (κ2) is 7.19. The summed E-state index contributed by atoms with van der Waals surface area (Å²) in [6.07, 6.45) is 7.71. The molecule has 0 saturated heterocycles. The molecule has 2 heterocycles. The fourth-order valence-corrected chi connectivity index (χ4v) is 7.17. The van der Waals surface area contributed by atoms with Gasteiger partial charge in [0.25, 0.3) is 0 Å². The second-order valence-corrected chi connectivity index (χ2v) is 10.6. The molecule has 2 aromatic carbocycles. The lowest BCUT2D eigenvalue weighted by molar-refractivity contribution is -0.742. The second-order valence-electron chi connectivity index (χ2n) is 10.6. The Morgan fingerprint density at radius 3 is 2.35 bits per heavy atom. The van der Waals surface area contributed by atoms with E-state index >= 15 is 0 Å². The Morgan fingerprint density at radius 2 is 1.68 bits per heavy atom. The van der Waals surface area contributed by atoms with Crippen LogP contribution in [0.15, 0.2) is 42.5 Å². The molecule has 0 bridgehead atoms. The van der Waals surface area contributed by atoms with Gasteiger partial charge in [0.15, 0.2) is 5.54 Å². The zero-order valence-electron chi connectivity index (χ0n) is 20.3. The fourth-order valence-electron chi connectivity index (χ4n) is 7.17. The zero-order valence-corrected chi connectivity index (χ0v) is 20.3. The largest absolute Gasteiger partial charge is 0.213 e. The summed E-state index contributed by atoms with van der Waals surface area (Å²) in [7, 11) is 0. The standard InChI is InChI=1S/C30H38N/c1-7-29(5)28-21(4)18-20(3)19-25(28)27-17-16-24-23(22-12-9-10-13-22)14-11-15-26(24)31(27)30(29,6)8-2/h11,14-19,22H,7-10,12-13H2,1-6H3/q+1. The highest BCUT2D eigenvalue weighted by atomic mass is 15.1. The summed E-state index contributed by atoms with van der Waals surface area (Å²) in [6, 6.07) is 16.8. The molecule has 2 atom stereocenters. The van der Waals surface area contributed by atoms with Gasteiger partial charge in [0.05, 0.1) is 11.0 Å². The Kier molecular flexibility index (Phi) is 4.81. The molecule has 1 aliphatic heterocycles. The minimum absolute atomic E-state index is 0.0257. The van der Waals surface area contributed by atoms with E-state index < -0.39 is 0 Å². The summed E-state index contributed by atoms with van der Waals surface area (Å²) in [5, 5.41) is 1.48. The smallest absolute Gasteiger partial charge is 0.185 e. The highest BCUT2D eigenvalue weighted by Gasteiger charge is 2.57. The number of benzene rings is 2. The summed E-state index contributed by atoms with van der Waals surface area (Å²) in [5.41, 5.74) is 10.3. The van der Waals surface area contributed by atoms with Gasteiger partial charge in [0, 0.05) is 30.9 Å². The molecule has 1 heteroatoms. The van der Waals surface area contributed by atoms with E-state index in [9.17, 15) is 0 Å². The molecule has 1 fully saturated rings. The van der Waals surface area contributed by atoms with E-state index in [1.54, 1.807) is 11.1 Å². The minimum atomic E-state index is 0.0257. The number of hydrogen-bond acceptors (Lipinski definition) is 0. The Labute approximate surface area is 188 Å². The summed E-state index contributed by atoms with van der Waals surface area (Å²) in [5.74, 6) is 0.730. The number of aromatic nitrogens is 1. The number of aryl methyl sites for hydroxylation is 2. The molecule has 0 radical (unpaired) electrons. The lowest BCUT2D eigenvalue weighted by atomic mass is 9.59. The molecule has 3 aromatic rings. The van der Waals surface area contributed by atoms with Gasteiger partial charge in [-0.25, -0.2) is 0 Å². The lowest BCUT2D eigenvalue weighted by Crippen LogP contribution is -2.68. The molecular weight excluding hydrogens is 374 g/mol. The van der Waals surface area contributed by atoms with Gasteiger partial charge in [-0.3, -0.25) is 0 Å². The Hall–Kier alpha value is -2.15. The SMILES string of the molecule is CCC1(C)c2c(C)cc(C)cc2-c2ccc3c(C4CCCC4)cccc3[n+]2C1(C)CC. The van der Waals surface area contributed by atoms with Gasteiger partial charge in [-0.05, 0) is 74.8 Å². The molecule has 0 spiro atoms. The van der Waals surface area contributed by atoms with Crippen molar-refractivity contribution in [2.24, 2.45) is 0 Å². The Balaban J connectivity index is 1.91. The van der Waals surface area contributed by atoms with Gasteiger partial charge < -0.3 is 0 Å². The highest BCUT2D eigenvalue weighted by Crippen LogP contribution is 2.52. The van der Waals surface area contributed by atoms with E-state index in [1.165, 1.54) is 59.0 Å². The van der Waals surface area contributed by atoms with Crippen molar-refractivity contribution in [2.75, 3.05) is 0 Å². The van der Waals surface area contributed by atoms with Crippen molar-refractivity contribution in [1.82, 2.24) is 0 Å². The molecule has 1 aliphatic carbocycles. The number of pyridine rings is 1. The van der Waals surface area contributed by atoms with Crippen molar-refractivity contribution in [2.45, 2.75) is 96.9 Å². The first-order valence-corrected chi connectivity index (χ1v) is 12.5. The van der Waals surface area contributed by atoms with E-state index in [0.29, 0.717) is 0 Å². The van der Waals surface area contributed by atoms with Crippen LogP contribution in [-0.2, 0) is 11.0 Å². The molecule has 1 saturated carbocycles. The van der Waals surface area contributed by atoms with Crippen LogP contribution in [0, 0.1) is 13.8 Å². The fraction of sp³-hybridized carbons (Fsp3) is 0.500. The van der Waals surface area contributed by atoms with Gasteiger partial charge in [-0.1, -0.05) is 50.5 Å². The van der Waals surface area contributed by atoms with Crippen LogP contribution in [0.3, 0.4) is 0 Å². The molecule has 1 nitrogen and oxygen atoms in total. The van der Waals surface area contributed by atoms with Gasteiger partial charge >= 0.3 is 0 Å². The van der Waals surface area contributed by atoms with Gasteiger partial charge in [-0.15, -0.1) is 0 Å². The average Bonchev–Trinajstić information content (AvgIpc) is 3.30. The minimum Gasteiger partial charge on any atom is -0.185 e. The topological polar surface area (TPSA) is 3.88 Å². The first kappa shape index (κ1) is 20.7. The van der Waals surface area contributed by atoms with Crippen LogP contribution < -0.4 is 4.57 Å². The predicted molar refractivity (Wildman–Crippen MR) is 132 cm³/mol. The van der Waals surface area contributed by atoms with E-state index in [4.69, 9.17) is 0 Å². The van der Waals surface area contributed by atoms with Crippen LogP contribution in [0.1, 0.15) is 94.4 Å². The third kappa shape index (κ3) is 2.71. The molecular formula is C30H38N+. The van der Waals surface area contributed by atoms with Crippen LogP contribution in [-0.4, -0.2) is 0 Å². The molecule has 2 unspecified atom stereocenters. The van der Waals surface area contributed by atoms with E-state index in [1.807, 2.05) is 0 Å². The molecule has 1 aromatic heterocycles. The molecule has 5 rings (SSSR count). The Bertz CT molecular complexity index is 1170. The molecule has 2 aliphatic rings. The van der Waals surface area contributed by atoms with Crippen LogP contribution >= 0.6 is 0 Å². The number of nitrogens with zero attached hydrogens (tertiary/aromatic N) is 1. The zero-order chi connectivity index (χ0) is 22.0. The van der Waals surface area contributed by atoms with E-state index in [2.05, 4.69) is 88.6 Å². The first-order valence-electron chi connectivity index (χ1n) is 12.5. The maximum atomic E-state index is 2.74. The maximum absolute atomic E-state index is 2.74. The van der Waals surface area contributed by atoms with Crippen molar-refractivity contribution in [3.8, 4) is 11.3 Å². The van der Waals surface area contributed by atoms with E-state index in [-0.39, 0.29) is 11.0 Å². The van der Waals surface area contributed by atoms with Crippen LogP contribution in [0.4, 0.5) is 0 Å². The first-order chi connectivity index (χ1) is 14.9. The summed E-state index contributed by atoms with van der Waals surface area (Å²) in [6.45, 7) is 14.4. The van der Waals surface area contributed by atoms with Crippen molar-refractivity contribution >= 4 is 10.9 Å². The molecule has 0 amide bonds. The third-order valence-corrected chi connectivity index (χ3v) is 9.19. The maximum Gasteiger partial charge on any atom is 0.213 e. The third-order valence-electron chi connectivity index (χ3n) is 9.19. The Morgan fingerprint density at radius 1 is 0.935 bits per heavy atom. The van der Waals surface area contributed by atoms with E-state index in [0.717, 1.165) is 18.8 Å². The lowest BCUT2D eigenvalue weighted by Gasteiger charge is -2.47. The van der Waals surface area contributed by atoms with Crippen molar-refractivity contribution in [3.63, 3.8) is 0 Å². The molecule has 162 valence electrons. The van der Waals surface area contributed by atoms with Gasteiger partial charge in [0.2, 0.25) is 11.2 Å².